The van der Waals surface area contributed by atoms with Crippen molar-refractivity contribution in [3.8, 4) is 0 Å². The van der Waals surface area contributed by atoms with Gasteiger partial charge in [-0.15, -0.1) is 0 Å². The van der Waals surface area contributed by atoms with Crippen molar-refractivity contribution >= 4 is 5.91 Å². The minimum Gasteiger partial charge on any atom is -0.385 e. The second kappa shape index (κ2) is 10.2. The van der Waals surface area contributed by atoms with E-state index in [1.807, 2.05) is 0 Å². The summed E-state index contributed by atoms with van der Waals surface area (Å²) in [4.78, 5) is 14.7. The zero-order chi connectivity index (χ0) is 15.7. The number of ether oxygens (including phenoxy) is 1. The summed E-state index contributed by atoms with van der Waals surface area (Å²) in [6.07, 6.45) is 7.83. The van der Waals surface area contributed by atoms with Crippen molar-refractivity contribution in [3.63, 3.8) is 0 Å². The molecular formula is C17H34N2O2. The molecule has 0 aromatic heterocycles. The Morgan fingerprint density at radius 2 is 2.00 bits per heavy atom. The third-order valence-electron chi connectivity index (χ3n) is 4.14. The highest BCUT2D eigenvalue weighted by molar-refractivity contribution is 5.84. The lowest BCUT2D eigenvalue weighted by atomic mass is 10.1. The summed E-state index contributed by atoms with van der Waals surface area (Å²) < 4.78 is 5.08. The quantitative estimate of drug-likeness (QED) is 0.596. The predicted molar refractivity (Wildman–Crippen MR) is 87.1 cm³/mol. The van der Waals surface area contributed by atoms with Crippen molar-refractivity contribution in [2.45, 2.75) is 77.9 Å². The van der Waals surface area contributed by atoms with Crippen LogP contribution in [-0.2, 0) is 9.53 Å². The van der Waals surface area contributed by atoms with Crippen molar-refractivity contribution in [3.05, 3.63) is 0 Å². The van der Waals surface area contributed by atoms with E-state index in [0.717, 1.165) is 58.1 Å². The van der Waals surface area contributed by atoms with Gasteiger partial charge in [-0.3, -0.25) is 10.1 Å². The Bertz CT molecular complexity index is 295. The van der Waals surface area contributed by atoms with Crippen LogP contribution in [0.4, 0.5) is 0 Å². The lowest BCUT2D eigenvalue weighted by Crippen LogP contribution is -2.39. The summed E-state index contributed by atoms with van der Waals surface area (Å²) in [6, 6.07) is 0.0488. The number of carbonyl (C=O) groups excluding carboxylic acids is 1. The molecule has 1 aliphatic heterocycles. The zero-order valence-electron chi connectivity index (χ0n) is 14.4. The monoisotopic (exact) mass is 298 g/mol. The Labute approximate surface area is 130 Å². The summed E-state index contributed by atoms with van der Waals surface area (Å²) in [5, 5.41) is 3.56. The van der Waals surface area contributed by atoms with Gasteiger partial charge in [-0.1, -0.05) is 33.6 Å². The molecule has 1 rings (SSSR count). The van der Waals surface area contributed by atoms with Gasteiger partial charge >= 0.3 is 0 Å². The fourth-order valence-electron chi connectivity index (χ4n) is 2.98. The van der Waals surface area contributed by atoms with E-state index < -0.39 is 0 Å². The van der Waals surface area contributed by atoms with Crippen LogP contribution in [-0.4, -0.2) is 43.3 Å². The molecule has 0 saturated carbocycles. The standard InChI is InChI=1S/C17H34N2O2/c1-5-6-10-15-17(20)19(11-8-7-9-12-21-4)16(18-15)13-14(2)3/h14-16,18H,5-13H2,1-4H3. The molecule has 0 aromatic rings. The van der Waals surface area contributed by atoms with Gasteiger partial charge in [0, 0.05) is 20.3 Å². The van der Waals surface area contributed by atoms with Gasteiger partial charge in [0.05, 0.1) is 12.2 Å². The van der Waals surface area contributed by atoms with E-state index in [4.69, 9.17) is 4.74 Å². The fraction of sp³-hybridized carbons (Fsp3) is 0.941. The largest absolute Gasteiger partial charge is 0.385 e. The lowest BCUT2D eigenvalue weighted by Gasteiger charge is -2.25. The molecular weight excluding hydrogens is 264 g/mol. The number of methoxy groups -OCH3 is 1. The summed E-state index contributed by atoms with van der Waals surface area (Å²) >= 11 is 0. The number of amides is 1. The van der Waals surface area contributed by atoms with Gasteiger partial charge in [0.2, 0.25) is 5.91 Å². The number of unbranched alkanes of at least 4 members (excludes halogenated alkanes) is 3. The topological polar surface area (TPSA) is 41.6 Å². The Morgan fingerprint density at radius 3 is 2.62 bits per heavy atom. The van der Waals surface area contributed by atoms with Crippen molar-refractivity contribution in [2.75, 3.05) is 20.3 Å². The van der Waals surface area contributed by atoms with Gasteiger partial charge in [-0.25, -0.2) is 0 Å². The first kappa shape index (κ1) is 18.4. The van der Waals surface area contributed by atoms with Crippen LogP contribution in [0, 0.1) is 5.92 Å². The maximum absolute atomic E-state index is 12.6. The molecule has 4 heteroatoms. The molecule has 1 fully saturated rings. The SMILES string of the molecule is CCCCC1NC(CC(C)C)N(CCCCCOC)C1=O. The van der Waals surface area contributed by atoms with E-state index >= 15 is 0 Å². The zero-order valence-corrected chi connectivity index (χ0v) is 14.4. The first-order valence-corrected chi connectivity index (χ1v) is 8.65. The Morgan fingerprint density at radius 1 is 1.24 bits per heavy atom. The molecule has 0 radical (unpaired) electrons. The van der Waals surface area contributed by atoms with Crippen molar-refractivity contribution in [1.82, 2.24) is 10.2 Å². The second-order valence-corrected chi connectivity index (χ2v) is 6.59. The van der Waals surface area contributed by atoms with E-state index in [1.165, 1.54) is 0 Å². The Hall–Kier alpha value is -0.610. The highest BCUT2D eigenvalue weighted by Gasteiger charge is 2.37. The number of nitrogens with zero attached hydrogens (tertiary/aromatic N) is 1. The van der Waals surface area contributed by atoms with E-state index in [1.54, 1.807) is 7.11 Å². The van der Waals surface area contributed by atoms with Gasteiger partial charge < -0.3 is 9.64 Å². The molecule has 1 aliphatic rings. The highest BCUT2D eigenvalue weighted by atomic mass is 16.5. The predicted octanol–water partition coefficient (Wildman–Crippen LogP) is 3.17. The molecule has 1 saturated heterocycles. The average Bonchev–Trinajstić information content (AvgIpc) is 2.72. The van der Waals surface area contributed by atoms with Gasteiger partial charge in [-0.05, 0) is 38.0 Å². The number of rotatable bonds is 11. The van der Waals surface area contributed by atoms with Crippen molar-refractivity contribution in [1.29, 1.82) is 0 Å². The molecule has 2 atom stereocenters. The molecule has 124 valence electrons. The Balaban J connectivity index is 2.47. The summed E-state index contributed by atoms with van der Waals surface area (Å²) in [5.41, 5.74) is 0. The third kappa shape index (κ3) is 6.35. The van der Waals surface area contributed by atoms with Gasteiger partial charge in [0.1, 0.15) is 0 Å². The molecule has 1 N–H and O–H groups in total. The minimum atomic E-state index is 0.0488. The molecule has 1 heterocycles. The van der Waals surface area contributed by atoms with E-state index in [2.05, 4.69) is 31.0 Å². The van der Waals surface area contributed by atoms with Crippen LogP contribution in [0.2, 0.25) is 0 Å². The first-order chi connectivity index (χ1) is 10.1. The molecule has 1 amide bonds. The molecule has 0 spiro atoms. The van der Waals surface area contributed by atoms with E-state index in [0.29, 0.717) is 11.8 Å². The minimum absolute atomic E-state index is 0.0488. The number of hydrogen-bond acceptors (Lipinski definition) is 3. The lowest BCUT2D eigenvalue weighted by molar-refractivity contribution is -0.130. The second-order valence-electron chi connectivity index (χ2n) is 6.59. The van der Waals surface area contributed by atoms with Crippen LogP contribution in [0.3, 0.4) is 0 Å². The normalized spacial score (nSPS) is 22.5. The van der Waals surface area contributed by atoms with Crippen molar-refractivity contribution < 1.29 is 9.53 Å². The number of carbonyl (C=O) groups is 1. The van der Waals surface area contributed by atoms with Gasteiger partial charge in [-0.2, -0.15) is 0 Å². The van der Waals surface area contributed by atoms with E-state index in [9.17, 15) is 4.79 Å². The number of hydrogen-bond donors (Lipinski definition) is 1. The van der Waals surface area contributed by atoms with Crippen LogP contribution >= 0.6 is 0 Å². The summed E-state index contributed by atoms with van der Waals surface area (Å²) in [5.74, 6) is 0.928. The maximum atomic E-state index is 12.6. The first-order valence-electron chi connectivity index (χ1n) is 8.65. The van der Waals surface area contributed by atoms with Gasteiger partial charge in [0.15, 0.2) is 0 Å². The fourth-order valence-corrected chi connectivity index (χ4v) is 2.98. The van der Waals surface area contributed by atoms with Crippen LogP contribution in [0.1, 0.15) is 65.7 Å². The van der Waals surface area contributed by atoms with Crippen LogP contribution in [0.5, 0.6) is 0 Å². The third-order valence-corrected chi connectivity index (χ3v) is 4.14. The maximum Gasteiger partial charge on any atom is 0.241 e. The summed E-state index contributed by atoms with van der Waals surface area (Å²) in [7, 11) is 1.74. The average molecular weight is 298 g/mol. The van der Waals surface area contributed by atoms with Crippen LogP contribution < -0.4 is 5.32 Å². The van der Waals surface area contributed by atoms with E-state index in [-0.39, 0.29) is 12.2 Å². The number of nitrogens with one attached hydrogen (secondary N) is 1. The molecule has 0 aliphatic carbocycles. The van der Waals surface area contributed by atoms with Crippen LogP contribution in [0.25, 0.3) is 0 Å². The summed E-state index contributed by atoms with van der Waals surface area (Å²) in [6.45, 7) is 8.33. The highest BCUT2D eigenvalue weighted by Crippen LogP contribution is 2.21. The molecule has 2 unspecified atom stereocenters. The van der Waals surface area contributed by atoms with Gasteiger partial charge in [0.25, 0.3) is 0 Å². The van der Waals surface area contributed by atoms with Crippen LogP contribution in [0.15, 0.2) is 0 Å². The molecule has 21 heavy (non-hydrogen) atoms. The molecule has 0 aromatic carbocycles. The Kier molecular flexibility index (Phi) is 8.93. The molecule has 4 nitrogen and oxygen atoms in total. The van der Waals surface area contributed by atoms with Crippen molar-refractivity contribution in [2.24, 2.45) is 5.92 Å². The smallest absolute Gasteiger partial charge is 0.241 e. The molecule has 0 bridgehead atoms.